The molecule has 0 aliphatic heterocycles. The number of anilines is 1. The van der Waals surface area contributed by atoms with Crippen LogP contribution < -0.4 is 5.32 Å². The van der Waals surface area contributed by atoms with E-state index in [0.29, 0.717) is 17.8 Å². The van der Waals surface area contributed by atoms with Crippen LogP contribution in [-0.2, 0) is 6.42 Å². The van der Waals surface area contributed by atoms with Gasteiger partial charge in [0.05, 0.1) is 11.9 Å². The normalized spacial score (nSPS) is 10.9. The number of carbonyl (C=O) groups excluding carboxylic acids is 1. The van der Waals surface area contributed by atoms with E-state index in [-0.39, 0.29) is 11.5 Å². The fourth-order valence-electron chi connectivity index (χ4n) is 2.18. The van der Waals surface area contributed by atoms with Gasteiger partial charge in [-0.05, 0) is 30.7 Å². The number of pyridine rings is 2. The highest BCUT2D eigenvalue weighted by Gasteiger charge is 2.19. The molecule has 3 aromatic heterocycles. The predicted octanol–water partition coefficient (Wildman–Crippen LogP) is 2.82. The Balaban J connectivity index is 2.02. The first-order chi connectivity index (χ1) is 10.6. The molecule has 22 heavy (non-hydrogen) atoms. The third kappa shape index (κ3) is 2.52. The Morgan fingerprint density at radius 1 is 1.23 bits per heavy atom. The number of halogens is 2. The van der Waals surface area contributed by atoms with Crippen molar-refractivity contribution in [3.05, 3.63) is 59.7 Å². The monoisotopic (exact) mass is 302 g/mol. The minimum Gasteiger partial charge on any atom is -0.305 e. The highest BCUT2D eigenvalue weighted by Crippen LogP contribution is 2.16. The van der Waals surface area contributed by atoms with Crippen LogP contribution in [0.5, 0.6) is 0 Å². The zero-order chi connectivity index (χ0) is 15.7. The summed E-state index contributed by atoms with van der Waals surface area (Å²) in [5, 5.41) is 2.56. The van der Waals surface area contributed by atoms with Crippen molar-refractivity contribution in [1.29, 1.82) is 0 Å². The van der Waals surface area contributed by atoms with E-state index in [1.165, 1.54) is 34.9 Å². The standard InChI is InChI=1S/C15H12F2N4O/c1-2-11-14(21-8-10(17)4-6-13(21)19-11)15(22)20-12-5-3-9(16)7-18-12/h3-8H,2H2,1H3,(H,18,20,22). The summed E-state index contributed by atoms with van der Waals surface area (Å²) in [6, 6.07) is 5.33. The van der Waals surface area contributed by atoms with Crippen LogP contribution in [0.4, 0.5) is 14.6 Å². The Morgan fingerprint density at radius 2 is 2.00 bits per heavy atom. The molecule has 0 atom stereocenters. The van der Waals surface area contributed by atoms with Crippen LogP contribution in [-0.4, -0.2) is 20.3 Å². The molecule has 112 valence electrons. The molecule has 1 N–H and O–H groups in total. The Kier molecular flexibility index (Phi) is 3.54. The van der Waals surface area contributed by atoms with Gasteiger partial charge in [0.1, 0.15) is 28.8 Å². The van der Waals surface area contributed by atoms with E-state index >= 15 is 0 Å². The fraction of sp³-hybridized carbons (Fsp3) is 0.133. The van der Waals surface area contributed by atoms with Gasteiger partial charge in [-0.25, -0.2) is 18.7 Å². The SMILES string of the molecule is CCc1nc2ccc(F)cn2c1C(=O)Nc1ccc(F)cn1. The van der Waals surface area contributed by atoms with Gasteiger partial charge in [0.15, 0.2) is 0 Å². The van der Waals surface area contributed by atoms with Crippen molar-refractivity contribution in [1.82, 2.24) is 14.4 Å². The third-order valence-corrected chi connectivity index (χ3v) is 3.17. The van der Waals surface area contributed by atoms with Crippen LogP contribution in [0.3, 0.4) is 0 Å². The zero-order valence-corrected chi connectivity index (χ0v) is 11.7. The van der Waals surface area contributed by atoms with Gasteiger partial charge in [-0.2, -0.15) is 0 Å². The lowest BCUT2D eigenvalue weighted by atomic mass is 10.2. The summed E-state index contributed by atoms with van der Waals surface area (Å²) < 4.78 is 27.7. The van der Waals surface area contributed by atoms with E-state index < -0.39 is 17.5 Å². The molecule has 0 radical (unpaired) electrons. The average Bonchev–Trinajstić information content (AvgIpc) is 2.87. The molecule has 0 unspecified atom stereocenters. The van der Waals surface area contributed by atoms with Crippen LogP contribution in [0.15, 0.2) is 36.7 Å². The molecule has 0 spiro atoms. The summed E-state index contributed by atoms with van der Waals surface area (Å²) in [5.74, 6) is -1.24. The van der Waals surface area contributed by atoms with Gasteiger partial charge in [0.2, 0.25) is 0 Å². The lowest BCUT2D eigenvalue weighted by molar-refractivity contribution is 0.102. The summed E-state index contributed by atoms with van der Waals surface area (Å²) in [6.45, 7) is 1.85. The molecule has 0 fully saturated rings. The van der Waals surface area contributed by atoms with Gasteiger partial charge in [-0.1, -0.05) is 6.92 Å². The third-order valence-electron chi connectivity index (χ3n) is 3.17. The Morgan fingerprint density at radius 3 is 2.68 bits per heavy atom. The van der Waals surface area contributed by atoms with Crippen molar-refractivity contribution in [3.63, 3.8) is 0 Å². The quantitative estimate of drug-likeness (QED) is 0.809. The molecule has 0 aromatic carbocycles. The number of carbonyl (C=O) groups is 1. The molecule has 3 rings (SSSR count). The van der Waals surface area contributed by atoms with Crippen molar-refractivity contribution in [2.45, 2.75) is 13.3 Å². The summed E-state index contributed by atoms with van der Waals surface area (Å²) in [6.07, 6.45) is 2.72. The van der Waals surface area contributed by atoms with Crippen molar-refractivity contribution < 1.29 is 13.6 Å². The second kappa shape index (κ2) is 5.51. The second-order valence-corrected chi connectivity index (χ2v) is 4.65. The molecule has 1 amide bonds. The molecule has 3 heterocycles. The Bertz CT molecular complexity index is 843. The van der Waals surface area contributed by atoms with Crippen LogP contribution in [0, 0.1) is 11.6 Å². The molecule has 7 heteroatoms. The largest absolute Gasteiger partial charge is 0.305 e. The van der Waals surface area contributed by atoms with Crippen molar-refractivity contribution in [2.75, 3.05) is 5.32 Å². The summed E-state index contributed by atoms with van der Waals surface area (Å²) >= 11 is 0. The number of rotatable bonds is 3. The number of aryl methyl sites for hydroxylation is 1. The van der Waals surface area contributed by atoms with Gasteiger partial charge in [0, 0.05) is 6.20 Å². The van der Waals surface area contributed by atoms with Crippen LogP contribution in [0.25, 0.3) is 5.65 Å². The van der Waals surface area contributed by atoms with E-state index in [4.69, 9.17) is 0 Å². The Hall–Kier alpha value is -2.83. The highest BCUT2D eigenvalue weighted by atomic mass is 19.1. The number of nitrogens with zero attached hydrogens (tertiary/aromatic N) is 3. The van der Waals surface area contributed by atoms with Crippen LogP contribution in [0.1, 0.15) is 23.1 Å². The van der Waals surface area contributed by atoms with E-state index in [1.54, 1.807) is 0 Å². The molecular weight excluding hydrogens is 290 g/mol. The molecule has 0 saturated carbocycles. The van der Waals surface area contributed by atoms with E-state index in [9.17, 15) is 13.6 Å². The zero-order valence-electron chi connectivity index (χ0n) is 11.7. The van der Waals surface area contributed by atoms with Crippen molar-refractivity contribution in [2.24, 2.45) is 0 Å². The van der Waals surface area contributed by atoms with E-state index in [1.807, 2.05) is 6.92 Å². The molecule has 0 aliphatic carbocycles. The minimum absolute atomic E-state index is 0.208. The van der Waals surface area contributed by atoms with E-state index in [0.717, 1.165) is 6.20 Å². The van der Waals surface area contributed by atoms with Gasteiger partial charge in [-0.3, -0.25) is 9.20 Å². The van der Waals surface area contributed by atoms with E-state index in [2.05, 4.69) is 15.3 Å². The first kappa shape index (κ1) is 14.1. The van der Waals surface area contributed by atoms with Crippen LogP contribution in [0.2, 0.25) is 0 Å². The number of hydrogen-bond acceptors (Lipinski definition) is 3. The summed E-state index contributed by atoms with van der Waals surface area (Å²) in [5.41, 5.74) is 1.27. The number of nitrogens with one attached hydrogen (secondary N) is 1. The molecular formula is C15H12F2N4O. The highest BCUT2D eigenvalue weighted by molar-refractivity contribution is 6.04. The summed E-state index contributed by atoms with van der Waals surface area (Å²) in [7, 11) is 0. The molecule has 5 nitrogen and oxygen atoms in total. The number of aromatic nitrogens is 3. The van der Waals surface area contributed by atoms with Gasteiger partial charge in [-0.15, -0.1) is 0 Å². The first-order valence-electron chi connectivity index (χ1n) is 6.68. The van der Waals surface area contributed by atoms with Crippen molar-refractivity contribution in [3.8, 4) is 0 Å². The predicted molar refractivity (Wildman–Crippen MR) is 76.7 cm³/mol. The fourth-order valence-corrected chi connectivity index (χ4v) is 2.18. The summed E-state index contributed by atoms with van der Waals surface area (Å²) in [4.78, 5) is 20.5. The van der Waals surface area contributed by atoms with Crippen molar-refractivity contribution >= 4 is 17.4 Å². The first-order valence-corrected chi connectivity index (χ1v) is 6.68. The maximum Gasteiger partial charge on any atom is 0.275 e. The average molecular weight is 302 g/mol. The lowest BCUT2D eigenvalue weighted by Gasteiger charge is -2.06. The molecule has 0 bridgehead atoms. The number of imidazole rings is 1. The van der Waals surface area contributed by atoms with Gasteiger partial charge in [0.25, 0.3) is 5.91 Å². The number of hydrogen-bond donors (Lipinski definition) is 1. The minimum atomic E-state index is -0.496. The molecule has 3 aromatic rings. The molecule has 0 saturated heterocycles. The van der Waals surface area contributed by atoms with Crippen LogP contribution >= 0.6 is 0 Å². The lowest BCUT2D eigenvalue weighted by Crippen LogP contribution is -2.17. The second-order valence-electron chi connectivity index (χ2n) is 4.65. The maximum atomic E-state index is 13.4. The van der Waals surface area contributed by atoms with Gasteiger partial charge < -0.3 is 5.32 Å². The maximum absolute atomic E-state index is 13.4. The van der Waals surface area contributed by atoms with Gasteiger partial charge >= 0.3 is 0 Å². The number of amides is 1. The smallest absolute Gasteiger partial charge is 0.275 e. The topological polar surface area (TPSA) is 59.3 Å². The molecule has 0 aliphatic rings. The Labute approximate surface area is 124 Å². The number of fused-ring (bicyclic) bond motifs is 1.